The number of aryl methyl sites for hydroxylation is 1. The molecule has 4 nitrogen and oxygen atoms in total. The van der Waals surface area contributed by atoms with Crippen LogP contribution in [-0.2, 0) is 4.79 Å². The number of hydrogen-bond donors (Lipinski definition) is 2. The SMILES string of the molecule is COc1ccc(C)cc1NC(=O)CN[C@@H](C)c1ccc2ccccc2c1. The largest absolute Gasteiger partial charge is 0.495 e. The summed E-state index contributed by atoms with van der Waals surface area (Å²) in [5, 5.41) is 8.61. The summed E-state index contributed by atoms with van der Waals surface area (Å²) in [6.07, 6.45) is 0. The molecule has 0 aromatic heterocycles. The van der Waals surface area contributed by atoms with E-state index in [9.17, 15) is 4.79 Å². The van der Waals surface area contributed by atoms with Gasteiger partial charge in [-0.3, -0.25) is 4.79 Å². The van der Waals surface area contributed by atoms with E-state index >= 15 is 0 Å². The van der Waals surface area contributed by atoms with Crippen molar-refractivity contribution in [3.8, 4) is 5.75 Å². The van der Waals surface area contributed by atoms with Crippen LogP contribution in [0.5, 0.6) is 5.75 Å². The van der Waals surface area contributed by atoms with Gasteiger partial charge in [-0.2, -0.15) is 0 Å². The zero-order chi connectivity index (χ0) is 18.5. The minimum atomic E-state index is -0.0958. The molecule has 3 aromatic carbocycles. The van der Waals surface area contributed by atoms with Crippen molar-refractivity contribution in [1.82, 2.24) is 5.32 Å². The van der Waals surface area contributed by atoms with Crippen LogP contribution < -0.4 is 15.4 Å². The second kappa shape index (κ2) is 8.02. The number of carbonyl (C=O) groups excluding carboxylic acids is 1. The highest BCUT2D eigenvalue weighted by molar-refractivity contribution is 5.93. The van der Waals surface area contributed by atoms with Crippen LogP contribution in [0.2, 0.25) is 0 Å². The van der Waals surface area contributed by atoms with Gasteiger partial charge in [0, 0.05) is 6.04 Å². The number of anilines is 1. The molecule has 4 heteroatoms. The van der Waals surface area contributed by atoms with Gasteiger partial charge in [-0.05, 0) is 53.9 Å². The van der Waals surface area contributed by atoms with Gasteiger partial charge >= 0.3 is 0 Å². The molecule has 26 heavy (non-hydrogen) atoms. The van der Waals surface area contributed by atoms with Crippen molar-refractivity contribution in [3.05, 3.63) is 71.8 Å². The molecule has 0 aliphatic rings. The molecule has 1 amide bonds. The lowest BCUT2D eigenvalue weighted by atomic mass is 10.0. The normalized spacial score (nSPS) is 12.0. The third-order valence-corrected chi connectivity index (χ3v) is 4.47. The van der Waals surface area contributed by atoms with Crippen LogP contribution in [0.1, 0.15) is 24.1 Å². The molecule has 0 heterocycles. The van der Waals surface area contributed by atoms with Crippen LogP contribution in [0, 0.1) is 6.92 Å². The van der Waals surface area contributed by atoms with Crippen molar-refractivity contribution in [2.75, 3.05) is 19.0 Å². The Labute approximate surface area is 154 Å². The first kappa shape index (κ1) is 18.0. The zero-order valence-corrected chi connectivity index (χ0v) is 15.4. The molecule has 3 rings (SSSR count). The smallest absolute Gasteiger partial charge is 0.238 e. The Kier molecular flexibility index (Phi) is 5.54. The van der Waals surface area contributed by atoms with Crippen molar-refractivity contribution in [1.29, 1.82) is 0 Å². The first-order chi connectivity index (χ1) is 12.6. The molecule has 0 radical (unpaired) electrons. The minimum absolute atomic E-state index is 0.0739. The topological polar surface area (TPSA) is 50.4 Å². The van der Waals surface area contributed by atoms with E-state index in [1.807, 2.05) is 37.3 Å². The zero-order valence-electron chi connectivity index (χ0n) is 15.4. The van der Waals surface area contributed by atoms with E-state index in [2.05, 4.69) is 47.9 Å². The van der Waals surface area contributed by atoms with E-state index in [4.69, 9.17) is 4.74 Å². The van der Waals surface area contributed by atoms with Gasteiger partial charge in [-0.15, -0.1) is 0 Å². The van der Waals surface area contributed by atoms with Crippen molar-refractivity contribution >= 4 is 22.4 Å². The third kappa shape index (κ3) is 4.21. The second-order valence-corrected chi connectivity index (χ2v) is 6.46. The monoisotopic (exact) mass is 348 g/mol. The molecule has 3 aromatic rings. The average Bonchev–Trinajstić information content (AvgIpc) is 2.66. The number of rotatable bonds is 6. The molecule has 2 N–H and O–H groups in total. The second-order valence-electron chi connectivity index (χ2n) is 6.46. The summed E-state index contributed by atoms with van der Waals surface area (Å²) < 4.78 is 5.30. The quantitative estimate of drug-likeness (QED) is 0.692. The summed E-state index contributed by atoms with van der Waals surface area (Å²) >= 11 is 0. The van der Waals surface area contributed by atoms with Crippen LogP contribution in [0.3, 0.4) is 0 Å². The Bertz CT molecular complexity index is 921. The molecule has 0 unspecified atom stereocenters. The van der Waals surface area contributed by atoms with Crippen molar-refractivity contribution in [2.45, 2.75) is 19.9 Å². The summed E-state index contributed by atoms with van der Waals surface area (Å²) in [6.45, 7) is 4.27. The first-order valence-corrected chi connectivity index (χ1v) is 8.73. The number of fused-ring (bicyclic) bond motifs is 1. The fourth-order valence-electron chi connectivity index (χ4n) is 2.95. The molecule has 0 bridgehead atoms. The summed E-state index contributed by atoms with van der Waals surface area (Å²) in [7, 11) is 1.60. The molecular weight excluding hydrogens is 324 g/mol. The van der Waals surface area contributed by atoms with E-state index in [1.54, 1.807) is 7.11 Å². The van der Waals surface area contributed by atoms with Gasteiger partial charge in [0.15, 0.2) is 0 Å². The Morgan fingerprint density at radius 3 is 2.58 bits per heavy atom. The van der Waals surface area contributed by atoms with Gasteiger partial charge in [0.25, 0.3) is 0 Å². The Morgan fingerprint density at radius 1 is 1.04 bits per heavy atom. The number of methoxy groups -OCH3 is 1. The van der Waals surface area contributed by atoms with Gasteiger partial charge < -0.3 is 15.4 Å². The molecule has 0 saturated heterocycles. The molecule has 0 aliphatic carbocycles. The van der Waals surface area contributed by atoms with Gasteiger partial charge in [0.1, 0.15) is 5.75 Å². The van der Waals surface area contributed by atoms with Crippen LogP contribution in [0.25, 0.3) is 10.8 Å². The van der Waals surface area contributed by atoms with Gasteiger partial charge in [-0.1, -0.05) is 42.5 Å². The number of amides is 1. The Hall–Kier alpha value is -2.85. The maximum Gasteiger partial charge on any atom is 0.238 e. The lowest BCUT2D eigenvalue weighted by molar-refractivity contribution is -0.115. The van der Waals surface area contributed by atoms with Gasteiger partial charge in [0.05, 0.1) is 19.3 Å². The van der Waals surface area contributed by atoms with Crippen molar-refractivity contribution < 1.29 is 9.53 Å². The Morgan fingerprint density at radius 2 is 1.81 bits per heavy atom. The number of ether oxygens (including phenoxy) is 1. The lowest BCUT2D eigenvalue weighted by Crippen LogP contribution is -2.30. The van der Waals surface area contributed by atoms with Crippen LogP contribution in [0.15, 0.2) is 60.7 Å². The van der Waals surface area contributed by atoms with Crippen LogP contribution in [0.4, 0.5) is 5.69 Å². The molecule has 0 aliphatic heterocycles. The lowest BCUT2D eigenvalue weighted by Gasteiger charge is -2.16. The maximum absolute atomic E-state index is 12.3. The number of carbonyl (C=O) groups is 1. The number of hydrogen-bond acceptors (Lipinski definition) is 3. The highest BCUT2D eigenvalue weighted by Crippen LogP contribution is 2.25. The fourth-order valence-corrected chi connectivity index (χ4v) is 2.95. The molecular formula is C22H24N2O2. The Balaban J connectivity index is 1.62. The fraction of sp³-hybridized carbons (Fsp3) is 0.227. The summed E-state index contributed by atoms with van der Waals surface area (Å²) in [6, 6.07) is 20.4. The molecule has 0 saturated carbocycles. The van der Waals surface area contributed by atoms with E-state index < -0.39 is 0 Å². The van der Waals surface area contributed by atoms with Crippen molar-refractivity contribution in [3.63, 3.8) is 0 Å². The summed E-state index contributed by atoms with van der Waals surface area (Å²) in [5.74, 6) is 0.563. The minimum Gasteiger partial charge on any atom is -0.495 e. The first-order valence-electron chi connectivity index (χ1n) is 8.73. The highest BCUT2D eigenvalue weighted by Gasteiger charge is 2.11. The molecule has 134 valence electrons. The van der Waals surface area contributed by atoms with Crippen LogP contribution >= 0.6 is 0 Å². The average molecular weight is 348 g/mol. The van der Waals surface area contributed by atoms with E-state index in [1.165, 1.54) is 10.8 Å². The van der Waals surface area contributed by atoms with E-state index in [0.717, 1.165) is 11.1 Å². The van der Waals surface area contributed by atoms with Gasteiger partial charge in [0.2, 0.25) is 5.91 Å². The predicted octanol–water partition coefficient (Wildman–Crippen LogP) is 4.45. The molecule has 0 fully saturated rings. The van der Waals surface area contributed by atoms with E-state index in [0.29, 0.717) is 11.4 Å². The highest BCUT2D eigenvalue weighted by atomic mass is 16.5. The number of benzene rings is 3. The molecule has 1 atom stereocenters. The van der Waals surface area contributed by atoms with Crippen LogP contribution in [-0.4, -0.2) is 19.6 Å². The summed E-state index contributed by atoms with van der Waals surface area (Å²) in [4.78, 5) is 12.3. The molecule has 0 spiro atoms. The maximum atomic E-state index is 12.3. The summed E-state index contributed by atoms with van der Waals surface area (Å²) in [5.41, 5.74) is 2.92. The number of nitrogens with one attached hydrogen (secondary N) is 2. The standard InChI is InChI=1S/C22H24N2O2/c1-15-8-11-21(26-3)20(12-15)24-22(25)14-23-16(2)18-10-9-17-6-4-5-7-19(17)13-18/h4-13,16,23H,14H2,1-3H3,(H,24,25)/t16-/m0/s1. The van der Waals surface area contributed by atoms with E-state index in [-0.39, 0.29) is 18.5 Å². The third-order valence-electron chi connectivity index (χ3n) is 4.47. The van der Waals surface area contributed by atoms with Gasteiger partial charge in [-0.25, -0.2) is 0 Å². The predicted molar refractivity (Wildman–Crippen MR) is 107 cm³/mol. The van der Waals surface area contributed by atoms with Crippen molar-refractivity contribution in [2.24, 2.45) is 0 Å².